The van der Waals surface area contributed by atoms with E-state index in [0.717, 1.165) is 0 Å². The van der Waals surface area contributed by atoms with Gasteiger partial charge in [-0.2, -0.15) is 0 Å². The lowest BCUT2D eigenvalue weighted by molar-refractivity contribution is 1.78. The second-order valence-corrected chi connectivity index (χ2v) is 8.13. The van der Waals surface area contributed by atoms with Gasteiger partial charge in [-0.1, -0.05) is 109 Å². The summed E-state index contributed by atoms with van der Waals surface area (Å²) in [6.45, 7) is 0. The van der Waals surface area contributed by atoms with E-state index in [1.165, 1.54) is 64.6 Å². The fraction of sp³-hybridized carbons (Fsp3) is 0. The van der Waals surface area contributed by atoms with Gasteiger partial charge in [0.15, 0.2) is 0 Å². The van der Waals surface area contributed by atoms with Gasteiger partial charge in [0.25, 0.3) is 0 Å². The highest BCUT2D eigenvalue weighted by Gasteiger charge is 2.15. The lowest BCUT2D eigenvalue weighted by atomic mass is 9.87. The van der Waals surface area contributed by atoms with E-state index in [2.05, 4.69) is 109 Å². The molecule has 0 N–H and O–H groups in total. The van der Waals surface area contributed by atoms with Crippen molar-refractivity contribution in [3.8, 4) is 0 Å². The third kappa shape index (κ3) is 2.00. The smallest absolute Gasteiger partial charge is 0.00199 e. The van der Waals surface area contributed by atoms with Gasteiger partial charge in [-0.15, -0.1) is 0 Å². The van der Waals surface area contributed by atoms with Crippen LogP contribution in [-0.2, 0) is 0 Å². The predicted octanol–water partition coefficient (Wildman–Crippen LogP) is 8.61. The van der Waals surface area contributed by atoms with Crippen LogP contribution < -0.4 is 0 Å². The van der Waals surface area contributed by atoms with Gasteiger partial charge in [-0.3, -0.25) is 0 Å². The van der Waals surface area contributed by atoms with E-state index in [9.17, 15) is 0 Å². The van der Waals surface area contributed by atoms with Crippen LogP contribution in [0, 0.1) is 0 Å². The highest BCUT2D eigenvalue weighted by atomic mass is 14.2. The molecule has 0 heterocycles. The molecule has 0 unspecified atom stereocenters. The minimum atomic E-state index is 1.29. The van der Waals surface area contributed by atoms with Gasteiger partial charge < -0.3 is 0 Å². The summed E-state index contributed by atoms with van der Waals surface area (Å²) in [6, 6.07) is 40.1. The van der Waals surface area contributed by atoms with Crippen LogP contribution in [0.4, 0.5) is 0 Å². The fourth-order valence-electron chi connectivity index (χ4n) is 5.31. The molecule has 30 heavy (non-hydrogen) atoms. The second-order valence-electron chi connectivity index (χ2n) is 8.13. The Morgan fingerprint density at radius 2 is 0.533 bits per heavy atom. The third-order valence-electron chi connectivity index (χ3n) is 6.60. The maximum absolute atomic E-state index is 2.32. The Morgan fingerprint density at radius 3 is 0.867 bits per heavy atom. The molecular weight excluding hydrogens is 360 g/mol. The van der Waals surface area contributed by atoms with Crippen molar-refractivity contribution < 1.29 is 0 Å². The number of rotatable bonds is 0. The minimum absolute atomic E-state index is 1.29. The summed E-state index contributed by atoms with van der Waals surface area (Å²) in [7, 11) is 0. The van der Waals surface area contributed by atoms with Crippen molar-refractivity contribution in [1.82, 2.24) is 0 Å². The summed E-state index contributed by atoms with van der Waals surface area (Å²) in [5, 5.41) is 15.9. The third-order valence-corrected chi connectivity index (χ3v) is 6.60. The predicted molar refractivity (Wildman–Crippen MR) is 131 cm³/mol. The molecule has 7 aromatic carbocycles. The van der Waals surface area contributed by atoms with E-state index in [1.807, 2.05) is 0 Å². The number of fused-ring (bicyclic) bond motifs is 12. The molecule has 0 aliphatic heterocycles. The molecule has 138 valence electrons. The van der Waals surface area contributed by atoms with Crippen LogP contribution >= 0.6 is 0 Å². The molecule has 0 aliphatic carbocycles. The summed E-state index contributed by atoms with van der Waals surface area (Å²) in [5.74, 6) is 0. The van der Waals surface area contributed by atoms with Gasteiger partial charge in [-0.05, 0) is 64.6 Å². The highest BCUT2D eigenvalue weighted by Crippen LogP contribution is 2.43. The van der Waals surface area contributed by atoms with E-state index < -0.39 is 0 Å². The maximum atomic E-state index is 2.32. The highest BCUT2D eigenvalue weighted by molar-refractivity contribution is 6.39. The van der Waals surface area contributed by atoms with E-state index in [-0.39, 0.29) is 0 Å². The number of benzene rings is 7. The Hall–Kier alpha value is -3.90. The molecule has 7 aromatic rings. The summed E-state index contributed by atoms with van der Waals surface area (Å²) in [5.41, 5.74) is 0. The number of hydrogen-bond donors (Lipinski definition) is 0. The Kier molecular flexibility index (Phi) is 3.09. The SMILES string of the molecule is c1ccc2c(c1)ccc1c2c2ccc3ccccc3c2c2ccc3ccccc3c12. The first kappa shape index (κ1) is 16.0. The molecule has 0 atom stereocenters. The molecule has 0 aromatic heterocycles. The first-order valence-corrected chi connectivity index (χ1v) is 10.5. The van der Waals surface area contributed by atoms with Crippen molar-refractivity contribution >= 4 is 64.6 Å². The van der Waals surface area contributed by atoms with Crippen molar-refractivity contribution in [2.45, 2.75) is 0 Å². The lowest BCUT2D eigenvalue weighted by Gasteiger charge is -2.16. The largest absolute Gasteiger partial charge is 0.0616 e. The van der Waals surface area contributed by atoms with Gasteiger partial charge in [0, 0.05) is 0 Å². The van der Waals surface area contributed by atoms with Gasteiger partial charge in [0.2, 0.25) is 0 Å². The van der Waals surface area contributed by atoms with Crippen LogP contribution in [0.2, 0.25) is 0 Å². The first-order chi connectivity index (χ1) is 14.9. The van der Waals surface area contributed by atoms with E-state index in [4.69, 9.17) is 0 Å². The molecule has 0 nitrogen and oxygen atoms in total. The van der Waals surface area contributed by atoms with Crippen LogP contribution in [0.15, 0.2) is 109 Å². The maximum Gasteiger partial charge on any atom is -0.00199 e. The van der Waals surface area contributed by atoms with Crippen LogP contribution in [0.3, 0.4) is 0 Å². The molecular formula is C30H18. The van der Waals surface area contributed by atoms with Gasteiger partial charge >= 0.3 is 0 Å². The Morgan fingerprint density at radius 1 is 0.233 bits per heavy atom. The monoisotopic (exact) mass is 378 g/mol. The zero-order valence-electron chi connectivity index (χ0n) is 16.4. The molecule has 0 amide bonds. The molecule has 0 spiro atoms. The quantitative estimate of drug-likeness (QED) is 0.232. The molecule has 0 heteroatoms. The van der Waals surface area contributed by atoms with Crippen molar-refractivity contribution in [2.24, 2.45) is 0 Å². The number of hydrogen-bond acceptors (Lipinski definition) is 0. The zero-order valence-corrected chi connectivity index (χ0v) is 16.4. The summed E-state index contributed by atoms with van der Waals surface area (Å²) in [6.07, 6.45) is 0. The molecule has 0 fully saturated rings. The van der Waals surface area contributed by atoms with Gasteiger partial charge in [0.1, 0.15) is 0 Å². The zero-order chi connectivity index (χ0) is 19.7. The fourth-order valence-corrected chi connectivity index (χ4v) is 5.31. The molecule has 7 rings (SSSR count). The molecule has 0 saturated carbocycles. The Bertz CT molecular complexity index is 1540. The second kappa shape index (κ2) is 5.81. The van der Waals surface area contributed by atoms with Gasteiger partial charge in [-0.25, -0.2) is 0 Å². The Balaban J connectivity index is 1.94. The van der Waals surface area contributed by atoms with E-state index >= 15 is 0 Å². The van der Waals surface area contributed by atoms with Crippen molar-refractivity contribution in [2.75, 3.05) is 0 Å². The average molecular weight is 378 g/mol. The van der Waals surface area contributed by atoms with E-state index in [0.29, 0.717) is 0 Å². The van der Waals surface area contributed by atoms with Crippen LogP contribution in [-0.4, -0.2) is 0 Å². The lowest BCUT2D eigenvalue weighted by Crippen LogP contribution is -1.88. The minimum Gasteiger partial charge on any atom is -0.0616 e. The normalized spacial score (nSPS) is 12.0. The van der Waals surface area contributed by atoms with Crippen molar-refractivity contribution in [1.29, 1.82) is 0 Å². The summed E-state index contributed by atoms with van der Waals surface area (Å²) < 4.78 is 0. The summed E-state index contributed by atoms with van der Waals surface area (Å²) >= 11 is 0. The standard InChI is InChI=1S/C30H18/c1-4-10-22-19(7-1)13-16-25-28(22)26-17-14-20-8-3-6-12-24(20)30(26)27-18-15-21-9-2-5-11-23(21)29(25)27/h1-18H. The Labute approximate surface area is 174 Å². The van der Waals surface area contributed by atoms with Crippen molar-refractivity contribution in [3.63, 3.8) is 0 Å². The topological polar surface area (TPSA) is 0 Å². The molecule has 0 bridgehead atoms. The first-order valence-electron chi connectivity index (χ1n) is 10.5. The summed E-state index contributed by atoms with van der Waals surface area (Å²) in [4.78, 5) is 0. The average Bonchev–Trinajstić information content (AvgIpc) is 2.82. The van der Waals surface area contributed by atoms with Crippen LogP contribution in [0.25, 0.3) is 64.6 Å². The molecule has 0 radical (unpaired) electrons. The van der Waals surface area contributed by atoms with Crippen molar-refractivity contribution in [3.05, 3.63) is 109 Å². The van der Waals surface area contributed by atoms with E-state index in [1.54, 1.807) is 0 Å². The van der Waals surface area contributed by atoms with Gasteiger partial charge in [0.05, 0.1) is 0 Å². The molecule has 0 saturated heterocycles. The molecule has 0 aliphatic rings. The van der Waals surface area contributed by atoms with Crippen LogP contribution in [0.5, 0.6) is 0 Å². The van der Waals surface area contributed by atoms with Crippen LogP contribution in [0.1, 0.15) is 0 Å².